The van der Waals surface area contributed by atoms with Gasteiger partial charge in [-0.1, -0.05) is 101 Å². The summed E-state index contributed by atoms with van der Waals surface area (Å²) in [6, 6.07) is 24.7. The summed E-state index contributed by atoms with van der Waals surface area (Å²) >= 11 is 0. The summed E-state index contributed by atoms with van der Waals surface area (Å²) in [6.07, 6.45) is 7.00. The molecule has 0 bridgehead atoms. The normalized spacial score (nSPS) is 8.88. The van der Waals surface area contributed by atoms with E-state index in [0.29, 0.717) is 0 Å². The molecule has 0 spiro atoms. The van der Waals surface area contributed by atoms with E-state index in [-0.39, 0.29) is 0 Å². The van der Waals surface area contributed by atoms with Crippen LogP contribution in [0.3, 0.4) is 0 Å². The minimum atomic E-state index is 0.945. The SMILES string of the molecule is C#Cc1ccc(C)cc1.C=Cc1ccc(C)cc1.Cc1ccc(C)cc1. The van der Waals surface area contributed by atoms with Crippen LogP contribution in [0.1, 0.15) is 33.4 Å². The average molecular weight is 341 g/mol. The van der Waals surface area contributed by atoms with Gasteiger partial charge in [-0.05, 0) is 45.4 Å². The largest absolute Gasteiger partial charge is 0.115 e. The summed E-state index contributed by atoms with van der Waals surface area (Å²) < 4.78 is 0. The topological polar surface area (TPSA) is 0 Å². The molecule has 0 saturated heterocycles. The first-order valence-corrected chi connectivity index (χ1v) is 8.70. The molecule has 0 heteroatoms. The predicted octanol–water partition coefficient (Wildman–Crippen LogP) is 6.92. The highest BCUT2D eigenvalue weighted by molar-refractivity contribution is 5.46. The van der Waals surface area contributed by atoms with E-state index >= 15 is 0 Å². The molecule has 3 rings (SSSR count). The van der Waals surface area contributed by atoms with Crippen molar-refractivity contribution in [3.63, 3.8) is 0 Å². The molecule has 3 aromatic carbocycles. The van der Waals surface area contributed by atoms with E-state index in [1.54, 1.807) is 0 Å². The fraction of sp³-hybridized carbons (Fsp3) is 0.154. The number of rotatable bonds is 1. The van der Waals surface area contributed by atoms with E-state index in [1.165, 1.54) is 27.8 Å². The Balaban J connectivity index is 0.000000195. The lowest BCUT2D eigenvalue weighted by Crippen LogP contribution is -1.72. The highest BCUT2D eigenvalue weighted by Gasteiger charge is 1.83. The Morgan fingerprint density at radius 1 is 0.615 bits per heavy atom. The van der Waals surface area contributed by atoms with Gasteiger partial charge < -0.3 is 0 Å². The van der Waals surface area contributed by atoms with E-state index in [4.69, 9.17) is 6.42 Å². The molecular weight excluding hydrogens is 312 g/mol. The van der Waals surface area contributed by atoms with Crippen LogP contribution in [0, 0.1) is 40.0 Å². The molecule has 0 heterocycles. The maximum absolute atomic E-state index is 5.15. The summed E-state index contributed by atoms with van der Waals surface area (Å²) in [5.41, 5.74) is 7.32. The maximum atomic E-state index is 5.15. The zero-order chi connectivity index (χ0) is 19.4. The molecule has 0 aliphatic heterocycles. The second-order valence-corrected chi connectivity index (χ2v) is 6.28. The molecule has 26 heavy (non-hydrogen) atoms. The summed E-state index contributed by atoms with van der Waals surface area (Å²) in [6.45, 7) is 12.0. The van der Waals surface area contributed by atoms with Gasteiger partial charge in [0.2, 0.25) is 0 Å². The Bertz CT molecular complexity index is 790. The van der Waals surface area contributed by atoms with Crippen molar-refractivity contribution in [2.45, 2.75) is 27.7 Å². The first-order chi connectivity index (χ1) is 12.4. The van der Waals surface area contributed by atoms with Crippen LogP contribution in [0.2, 0.25) is 0 Å². The fourth-order valence-electron chi connectivity index (χ4n) is 1.99. The number of aryl methyl sites for hydroxylation is 4. The van der Waals surface area contributed by atoms with Crippen molar-refractivity contribution >= 4 is 6.08 Å². The molecule has 0 atom stereocenters. The van der Waals surface area contributed by atoms with E-state index in [2.05, 4.69) is 81.8 Å². The molecule has 132 valence electrons. The fourth-order valence-corrected chi connectivity index (χ4v) is 1.99. The lowest BCUT2D eigenvalue weighted by Gasteiger charge is -1.91. The van der Waals surface area contributed by atoms with E-state index in [1.807, 2.05) is 37.3 Å². The Kier molecular flexibility index (Phi) is 9.29. The minimum Gasteiger partial charge on any atom is -0.115 e. The molecule has 3 aromatic rings. The van der Waals surface area contributed by atoms with Crippen molar-refractivity contribution < 1.29 is 0 Å². The minimum absolute atomic E-state index is 0.945. The van der Waals surface area contributed by atoms with Crippen LogP contribution < -0.4 is 0 Å². The second kappa shape index (κ2) is 11.5. The Labute approximate surface area is 159 Å². The van der Waals surface area contributed by atoms with Gasteiger partial charge in [0.25, 0.3) is 0 Å². The smallest absolute Gasteiger partial charge is 0.0242 e. The third kappa shape index (κ3) is 8.71. The number of hydrogen-bond donors (Lipinski definition) is 0. The molecule has 0 saturated carbocycles. The molecule has 0 aliphatic carbocycles. The average Bonchev–Trinajstić information content (AvgIpc) is 2.66. The van der Waals surface area contributed by atoms with Gasteiger partial charge in [-0.25, -0.2) is 0 Å². The van der Waals surface area contributed by atoms with Crippen molar-refractivity contribution in [2.75, 3.05) is 0 Å². The predicted molar refractivity (Wildman–Crippen MR) is 116 cm³/mol. The highest BCUT2D eigenvalue weighted by atomic mass is 13.9. The Hall–Kier alpha value is -3.04. The van der Waals surface area contributed by atoms with Crippen LogP contribution in [-0.4, -0.2) is 0 Å². The Morgan fingerprint density at radius 2 is 0.923 bits per heavy atom. The number of benzene rings is 3. The van der Waals surface area contributed by atoms with E-state index < -0.39 is 0 Å². The van der Waals surface area contributed by atoms with Gasteiger partial charge in [-0.3, -0.25) is 0 Å². The second-order valence-electron chi connectivity index (χ2n) is 6.28. The number of terminal acetylenes is 1. The van der Waals surface area contributed by atoms with Crippen molar-refractivity contribution in [1.82, 2.24) is 0 Å². The summed E-state index contributed by atoms with van der Waals surface area (Å²) in [7, 11) is 0. The van der Waals surface area contributed by atoms with Crippen LogP contribution >= 0.6 is 0 Å². The molecule has 0 aliphatic rings. The van der Waals surface area contributed by atoms with E-state index in [0.717, 1.165) is 5.56 Å². The monoisotopic (exact) mass is 340 g/mol. The van der Waals surface area contributed by atoms with Crippen LogP contribution in [0.5, 0.6) is 0 Å². The molecule has 0 unspecified atom stereocenters. The lowest BCUT2D eigenvalue weighted by molar-refractivity contribution is 1.40. The quantitative estimate of drug-likeness (QED) is 0.422. The zero-order valence-electron chi connectivity index (χ0n) is 16.3. The standard InChI is InChI=1S/C9H10.C9H8.C8H10/c2*1-3-9-6-4-8(2)5-7-9;1-7-3-5-8(2)6-4-7/h3-7H,1H2,2H3;1,4-7H,2H3;3-6H,1-2H3. The number of hydrogen-bond acceptors (Lipinski definition) is 0. The lowest BCUT2D eigenvalue weighted by atomic mass is 10.2. The molecule has 0 N–H and O–H groups in total. The highest BCUT2D eigenvalue weighted by Crippen LogP contribution is 2.03. The van der Waals surface area contributed by atoms with Gasteiger partial charge in [0.1, 0.15) is 0 Å². The van der Waals surface area contributed by atoms with Gasteiger partial charge >= 0.3 is 0 Å². The third-order valence-corrected chi connectivity index (χ3v) is 3.75. The van der Waals surface area contributed by atoms with Crippen LogP contribution in [0.15, 0.2) is 79.4 Å². The molecule has 0 amide bonds. The molecule has 0 nitrogen and oxygen atoms in total. The molecular formula is C26H28. The van der Waals surface area contributed by atoms with Crippen LogP contribution in [-0.2, 0) is 0 Å². The maximum Gasteiger partial charge on any atom is 0.0242 e. The van der Waals surface area contributed by atoms with Crippen molar-refractivity contribution in [1.29, 1.82) is 0 Å². The van der Waals surface area contributed by atoms with E-state index in [9.17, 15) is 0 Å². The third-order valence-electron chi connectivity index (χ3n) is 3.75. The van der Waals surface area contributed by atoms with Crippen LogP contribution in [0.25, 0.3) is 6.08 Å². The molecule has 0 radical (unpaired) electrons. The first-order valence-electron chi connectivity index (χ1n) is 8.70. The zero-order valence-corrected chi connectivity index (χ0v) is 16.3. The van der Waals surface area contributed by atoms with Gasteiger partial charge in [0.05, 0.1) is 0 Å². The van der Waals surface area contributed by atoms with Crippen molar-refractivity contribution in [3.8, 4) is 12.3 Å². The van der Waals surface area contributed by atoms with Crippen molar-refractivity contribution in [2.24, 2.45) is 0 Å². The first kappa shape index (κ1) is 21.0. The van der Waals surface area contributed by atoms with Crippen molar-refractivity contribution in [3.05, 3.63) is 113 Å². The molecule has 0 fully saturated rings. The summed E-state index contributed by atoms with van der Waals surface area (Å²) in [5, 5.41) is 0. The summed E-state index contributed by atoms with van der Waals surface area (Å²) in [5.74, 6) is 2.55. The Morgan fingerprint density at radius 3 is 1.23 bits per heavy atom. The van der Waals surface area contributed by atoms with Gasteiger partial charge in [0.15, 0.2) is 0 Å². The van der Waals surface area contributed by atoms with Crippen LogP contribution in [0.4, 0.5) is 0 Å². The van der Waals surface area contributed by atoms with Gasteiger partial charge in [-0.2, -0.15) is 0 Å². The van der Waals surface area contributed by atoms with Gasteiger partial charge in [-0.15, -0.1) is 6.42 Å². The van der Waals surface area contributed by atoms with Gasteiger partial charge in [0, 0.05) is 5.56 Å². The summed E-state index contributed by atoms with van der Waals surface area (Å²) in [4.78, 5) is 0. The molecule has 0 aromatic heterocycles.